The lowest BCUT2D eigenvalue weighted by Gasteiger charge is -2.09. The first-order valence-corrected chi connectivity index (χ1v) is 5.96. The van der Waals surface area contributed by atoms with E-state index in [9.17, 15) is 9.90 Å². The highest BCUT2D eigenvalue weighted by Crippen LogP contribution is 2.27. The summed E-state index contributed by atoms with van der Waals surface area (Å²) >= 11 is 3.31. The Balaban J connectivity index is 2.03. The molecule has 0 aromatic carbocycles. The van der Waals surface area contributed by atoms with Gasteiger partial charge in [0.25, 0.3) is 0 Å². The van der Waals surface area contributed by atoms with Crippen molar-refractivity contribution in [1.82, 2.24) is 0 Å². The summed E-state index contributed by atoms with van der Waals surface area (Å²) in [5, 5.41) is 16.7. The molecule has 0 spiro atoms. The molecule has 2 heterocycles. The van der Waals surface area contributed by atoms with E-state index in [0.29, 0.717) is 5.75 Å². The predicted molar refractivity (Wildman–Crippen MR) is 50.2 cm³/mol. The van der Waals surface area contributed by atoms with Crippen molar-refractivity contribution < 1.29 is 15.2 Å². The lowest BCUT2D eigenvalue weighted by Crippen LogP contribution is -2.90. The number of aliphatic carboxylic acids is 1. The Kier molecular flexibility index (Phi) is 2.57. The third-order valence-electron chi connectivity index (χ3n) is 2.04. The first-order chi connectivity index (χ1) is 6.27. The number of hydrogen-bond acceptors (Lipinski definition) is 4. The van der Waals surface area contributed by atoms with Gasteiger partial charge in [0.2, 0.25) is 0 Å². The molecule has 1 aliphatic rings. The topological polar surface area (TPSA) is 56.7 Å². The van der Waals surface area contributed by atoms with E-state index in [4.69, 9.17) is 0 Å². The highest BCUT2D eigenvalue weighted by atomic mass is 32.2. The molecule has 3 nitrogen and oxygen atoms in total. The molecule has 2 rings (SSSR count). The van der Waals surface area contributed by atoms with Crippen LogP contribution in [0.4, 0.5) is 0 Å². The molecule has 13 heavy (non-hydrogen) atoms. The average molecular weight is 215 g/mol. The number of rotatable bonds is 2. The molecule has 0 aliphatic carbocycles. The summed E-state index contributed by atoms with van der Waals surface area (Å²) < 4.78 is 0. The Hall–Kier alpha value is -0.520. The predicted octanol–water partition coefficient (Wildman–Crippen LogP) is -0.825. The van der Waals surface area contributed by atoms with Gasteiger partial charge in [-0.3, -0.25) is 0 Å². The second kappa shape index (κ2) is 3.69. The maximum Gasteiger partial charge on any atom is 0.160 e. The summed E-state index contributed by atoms with van der Waals surface area (Å²) in [7, 11) is 0. The van der Waals surface area contributed by atoms with Crippen molar-refractivity contribution in [3.8, 4) is 0 Å². The smallest absolute Gasteiger partial charge is 0.160 e. The molecule has 2 N–H and O–H groups in total. The lowest BCUT2D eigenvalue weighted by atomic mass is 10.3. The number of carbonyl (C=O) groups is 1. The van der Waals surface area contributed by atoms with Crippen LogP contribution in [-0.2, 0) is 4.79 Å². The van der Waals surface area contributed by atoms with Gasteiger partial charge in [-0.2, -0.15) is 11.3 Å². The van der Waals surface area contributed by atoms with Crippen molar-refractivity contribution in [1.29, 1.82) is 0 Å². The molecule has 1 saturated heterocycles. The zero-order chi connectivity index (χ0) is 9.26. The Morgan fingerprint density at radius 2 is 2.54 bits per heavy atom. The Morgan fingerprint density at radius 1 is 1.69 bits per heavy atom. The van der Waals surface area contributed by atoms with Crippen molar-refractivity contribution in [3.05, 3.63) is 22.4 Å². The number of carboxylic acids is 1. The van der Waals surface area contributed by atoms with E-state index < -0.39 is 5.97 Å². The molecule has 0 bridgehead atoms. The normalized spacial score (nSPS) is 27.7. The minimum atomic E-state index is -0.953. The number of carbonyl (C=O) groups excluding carboxylic acids is 1. The van der Waals surface area contributed by atoms with Crippen LogP contribution in [-0.4, -0.2) is 17.8 Å². The Labute approximate surface area is 84.2 Å². The summed E-state index contributed by atoms with van der Waals surface area (Å²) in [6, 6.07) is 1.66. The fourth-order valence-electron chi connectivity index (χ4n) is 1.32. The van der Waals surface area contributed by atoms with Gasteiger partial charge in [-0.1, -0.05) is 11.8 Å². The minimum absolute atomic E-state index is 0.245. The van der Waals surface area contributed by atoms with Crippen LogP contribution in [0.15, 0.2) is 16.8 Å². The molecular weight excluding hydrogens is 206 g/mol. The molecule has 0 radical (unpaired) electrons. The van der Waals surface area contributed by atoms with Gasteiger partial charge in [-0.05, 0) is 11.4 Å². The Morgan fingerprint density at radius 3 is 3.08 bits per heavy atom. The molecule has 5 heteroatoms. The van der Waals surface area contributed by atoms with E-state index in [0.717, 1.165) is 0 Å². The van der Waals surface area contributed by atoms with Crippen LogP contribution in [0.2, 0.25) is 0 Å². The summed E-state index contributed by atoms with van der Waals surface area (Å²) in [6.45, 7) is 0. The van der Waals surface area contributed by atoms with Gasteiger partial charge in [0, 0.05) is 10.9 Å². The number of quaternary nitrogens is 1. The standard InChI is InChI=1S/C8H9NO2S2/c10-8(11)6-4-13-7(9-6)5-1-2-12-3-5/h1-3,6-7,9H,4H2,(H,10,11)/t6-,7+/m1/s1. The lowest BCUT2D eigenvalue weighted by molar-refractivity contribution is -0.690. The van der Waals surface area contributed by atoms with E-state index in [2.05, 4.69) is 5.38 Å². The third-order valence-corrected chi connectivity index (χ3v) is 4.08. The zero-order valence-corrected chi connectivity index (χ0v) is 8.44. The van der Waals surface area contributed by atoms with Crippen LogP contribution in [0.25, 0.3) is 0 Å². The minimum Gasteiger partial charge on any atom is -0.544 e. The van der Waals surface area contributed by atoms with Gasteiger partial charge in [0.1, 0.15) is 12.0 Å². The largest absolute Gasteiger partial charge is 0.544 e. The fourth-order valence-corrected chi connectivity index (χ4v) is 3.40. The summed E-state index contributed by atoms with van der Waals surface area (Å²) in [4.78, 5) is 10.6. The van der Waals surface area contributed by atoms with E-state index >= 15 is 0 Å². The van der Waals surface area contributed by atoms with E-state index in [1.807, 2.05) is 16.8 Å². The maximum atomic E-state index is 10.6. The van der Waals surface area contributed by atoms with Gasteiger partial charge in [-0.15, -0.1) is 0 Å². The molecule has 1 aromatic heterocycles. The first kappa shape index (κ1) is 9.05. The van der Waals surface area contributed by atoms with Crippen molar-refractivity contribution in [3.63, 3.8) is 0 Å². The number of nitrogens with two attached hydrogens (primary N) is 1. The molecule has 2 atom stereocenters. The van der Waals surface area contributed by atoms with Gasteiger partial charge >= 0.3 is 0 Å². The van der Waals surface area contributed by atoms with Crippen molar-refractivity contribution in [2.75, 3.05) is 5.75 Å². The third kappa shape index (κ3) is 1.87. The number of carboxylic acid groups (broad SMARTS) is 1. The maximum absolute atomic E-state index is 10.6. The van der Waals surface area contributed by atoms with Crippen LogP contribution in [0.5, 0.6) is 0 Å². The molecule has 70 valence electrons. The summed E-state index contributed by atoms with van der Waals surface area (Å²) in [5.41, 5.74) is 1.21. The van der Waals surface area contributed by atoms with Crippen molar-refractivity contribution in [2.45, 2.75) is 11.4 Å². The molecule has 0 amide bonds. The fraction of sp³-hybridized carbons (Fsp3) is 0.375. The van der Waals surface area contributed by atoms with Crippen LogP contribution < -0.4 is 10.4 Å². The molecule has 1 aromatic rings. The number of thiophene rings is 1. The molecule has 0 saturated carbocycles. The zero-order valence-electron chi connectivity index (χ0n) is 6.80. The molecule has 1 aliphatic heterocycles. The van der Waals surface area contributed by atoms with Crippen molar-refractivity contribution in [2.24, 2.45) is 0 Å². The van der Waals surface area contributed by atoms with E-state index in [1.165, 1.54) is 5.56 Å². The van der Waals surface area contributed by atoms with Gasteiger partial charge in [0.15, 0.2) is 5.37 Å². The highest BCUT2D eigenvalue weighted by Gasteiger charge is 2.30. The number of thioether (sulfide) groups is 1. The van der Waals surface area contributed by atoms with E-state index in [-0.39, 0.29) is 11.4 Å². The molecular formula is C8H9NO2S2. The monoisotopic (exact) mass is 215 g/mol. The summed E-state index contributed by atoms with van der Waals surface area (Å²) in [6.07, 6.45) is 0. The van der Waals surface area contributed by atoms with Crippen LogP contribution in [0.1, 0.15) is 10.9 Å². The van der Waals surface area contributed by atoms with Crippen molar-refractivity contribution >= 4 is 29.1 Å². The quantitative estimate of drug-likeness (QED) is 0.701. The summed E-state index contributed by atoms with van der Waals surface area (Å²) in [5.74, 6) is -0.312. The van der Waals surface area contributed by atoms with Crippen LogP contribution in [0, 0.1) is 0 Å². The highest BCUT2D eigenvalue weighted by molar-refractivity contribution is 7.99. The SMILES string of the molecule is O=C([O-])[C@H]1CS[C@@H](c2ccsc2)[NH2+]1. The second-order valence-corrected chi connectivity index (χ2v) is 4.88. The molecule has 1 fully saturated rings. The van der Waals surface area contributed by atoms with Gasteiger partial charge < -0.3 is 15.2 Å². The average Bonchev–Trinajstić information content (AvgIpc) is 2.75. The molecule has 0 unspecified atom stereocenters. The first-order valence-electron chi connectivity index (χ1n) is 3.97. The Bertz CT molecular complexity index is 299. The van der Waals surface area contributed by atoms with Gasteiger partial charge in [-0.25, -0.2) is 0 Å². The van der Waals surface area contributed by atoms with Crippen LogP contribution in [0.3, 0.4) is 0 Å². The van der Waals surface area contributed by atoms with Gasteiger partial charge in [0.05, 0.1) is 5.75 Å². The van der Waals surface area contributed by atoms with E-state index in [1.54, 1.807) is 23.1 Å². The second-order valence-electron chi connectivity index (χ2n) is 2.93. The van der Waals surface area contributed by atoms with Crippen LogP contribution >= 0.6 is 23.1 Å². The number of hydrogen-bond donors (Lipinski definition) is 1.